The number of pyridine rings is 1. The predicted molar refractivity (Wildman–Crippen MR) is 85.2 cm³/mol. The maximum Gasteiger partial charge on any atom is 0.262 e. The van der Waals surface area contributed by atoms with Gasteiger partial charge in [0.25, 0.3) is 11.8 Å². The van der Waals surface area contributed by atoms with Gasteiger partial charge in [-0.05, 0) is 25.5 Å². The molecular formula is C17H23F2N3O2. The molecule has 1 aromatic rings. The first-order chi connectivity index (χ1) is 11.4. The number of rotatable bonds is 5. The molecule has 0 N–H and O–H groups in total. The molecule has 2 aliphatic rings. The van der Waals surface area contributed by atoms with Gasteiger partial charge in [-0.2, -0.15) is 0 Å². The van der Waals surface area contributed by atoms with Crippen molar-refractivity contribution in [2.45, 2.75) is 38.3 Å². The van der Waals surface area contributed by atoms with Crippen LogP contribution in [0.5, 0.6) is 0 Å². The van der Waals surface area contributed by atoms with E-state index in [-0.39, 0.29) is 31.0 Å². The second-order valence-corrected chi connectivity index (χ2v) is 6.66. The second kappa shape index (κ2) is 6.72. The quantitative estimate of drug-likeness (QED) is 0.823. The van der Waals surface area contributed by atoms with Gasteiger partial charge in [-0.1, -0.05) is 0 Å². The summed E-state index contributed by atoms with van der Waals surface area (Å²) in [6.45, 7) is 5.29. The van der Waals surface area contributed by atoms with E-state index in [1.54, 1.807) is 23.4 Å². The number of aromatic nitrogens is 1. The van der Waals surface area contributed by atoms with Crippen LogP contribution >= 0.6 is 0 Å². The van der Waals surface area contributed by atoms with Crippen LogP contribution in [0.3, 0.4) is 0 Å². The van der Waals surface area contributed by atoms with Crippen molar-refractivity contribution < 1.29 is 18.3 Å². The molecule has 7 heteroatoms. The number of halogens is 2. The van der Waals surface area contributed by atoms with Crippen LogP contribution in [0.2, 0.25) is 0 Å². The van der Waals surface area contributed by atoms with E-state index < -0.39 is 5.92 Å². The number of alkyl halides is 2. The topological polar surface area (TPSA) is 45.7 Å². The molecule has 1 atom stereocenters. The van der Waals surface area contributed by atoms with E-state index in [9.17, 15) is 13.6 Å². The number of amides is 1. The average Bonchev–Trinajstić information content (AvgIpc) is 2.78. The lowest BCUT2D eigenvalue weighted by Gasteiger charge is -2.45. The molecule has 0 saturated carbocycles. The summed E-state index contributed by atoms with van der Waals surface area (Å²) < 4.78 is 32.9. The van der Waals surface area contributed by atoms with Crippen LogP contribution in [0.4, 0.5) is 8.78 Å². The highest BCUT2D eigenvalue weighted by molar-refractivity contribution is 5.94. The zero-order valence-electron chi connectivity index (χ0n) is 14.0. The number of hydrogen-bond acceptors (Lipinski definition) is 4. The highest BCUT2D eigenvalue weighted by atomic mass is 19.3. The molecule has 0 aromatic carbocycles. The van der Waals surface area contributed by atoms with Gasteiger partial charge in [0.15, 0.2) is 0 Å². The fourth-order valence-corrected chi connectivity index (χ4v) is 3.44. The van der Waals surface area contributed by atoms with E-state index >= 15 is 0 Å². The van der Waals surface area contributed by atoms with Crippen LogP contribution in [0.15, 0.2) is 18.5 Å². The molecule has 1 aromatic heterocycles. The average molecular weight is 339 g/mol. The number of ether oxygens (including phenoxy) is 1. The van der Waals surface area contributed by atoms with Crippen LogP contribution in [-0.2, 0) is 4.74 Å². The first kappa shape index (κ1) is 17.2. The van der Waals surface area contributed by atoms with Gasteiger partial charge in [-0.15, -0.1) is 0 Å². The summed E-state index contributed by atoms with van der Waals surface area (Å²) in [7, 11) is 0. The standard InChI is InChI=1S/C17H23F2N3O2/c1-3-24-10-14-5-17(18,19)11-22(14)15-8-21(9-15)16(23)13-4-12(2)6-20-7-13/h4,6-7,14-15H,3,5,8-11H2,1-2H3/t14-/m0/s1. The number of hydrogen-bond donors (Lipinski definition) is 0. The Morgan fingerprint density at radius 3 is 2.83 bits per heavy atom. The van der Waals surface area contributed by atoms with Gasteiger partial charge in [0, 0.05) is 50.6 Å². The lowest BCUT2D eigenvalue weighted by atomic mass is 10.0. The van der Waals surface area contributed by atoms with E-state index in [4.69, 9.17) is 4.74 Å². The van der Waals surface area contributed by atoms with Gasteiger partial charge in [0.2, 0.25) is 0 Å². The summed E-state index contributed by atoms with van der Waals surface area (Å²) in [6.07, 6.45) is 3.07. The third-order valence-corrected chi connectivity index (χ3v) is 4.67. The monoisotopic (exact) mass is 339 g/mol. The lowest BCUT2D eigenvalue weighted by molar-refractivity contribution is -0.0148. The van der Waals surface area contributed by atoms with E-state index in [1.165, 1.54) is 0 Å². The van der Waals surface area contributed by atoms with E-state index in [0.717, 1.165) is 5.56 Å². The molecule has 2 aliphatic heterocycles. The predicted octanol–water partition coefficient (Wildman–Crippen LogP) is 1.96. The molecule has 0 spiro atoms. The minimum absolute atomic E-state index is 0.0226. The summed E-state index contributed by atoms with van der Waals surface area (Å²) in [4.78, 5) is 20.0. The summed E-state index contributed by atoms with van der Waals surface area (Å²) in [5, 5.41) is 0. The first-order valence-electron chi connectivity index (χ1n) is 8.32. The van der Waals surface area contributed by atoms with Crippen molar-refractivity contribution in [2.24, 2.45) is 0 Å². The lowest BCUT2D eigenvalue weighted by Crippen LogP contribution is -2.62. The summed E-state index contributed by atoms with van der Waals surface area (Å²) >= 11 is 0. The first-order valence-corrected chi connectivity index (χ1v) is 8.32. The maximum atomic E-state index is 13.8. The van der Waals surface area contributed by atoms with Crippen LogP contribution in [-0.4, -0.2) is 71.5 Å². The largest absolute Gasteiger partial charge is 0.380 e. The summed E-state index contributed by atoms with van der Waals surface area (Å²) in [5.41, 5.74) is 1.47. The fourth-order valence-electron chi connectivity index (χ4n) is 3.44. The van der Waals surface area contributed by atoms with Crippen LogP contribution in [0.1, 0.15) is 29.3 Å². The summed E-state index contributed by atoms with van der Waals surface area (Å²) in [6, 6.07) is 1.50. The van der Waals surface area contributed by atoms with Crippen molar-refractivity contribution in [3.8, 4) is 0 Å². The van der Waals surface area contributed by atoms with Crippen LogP contribution in [0, 0.1) is 6.92 Å². The Kier molecular flexibility index (Phi) is 4.83. The smallest absolute Gasteiger partial charge is 0.262 e. The molecular weight excluding hydrogens is 316 g/mol. The Balaban J connectivity index is 1.59. The van der Waals surface area contributed by atoms with Crippen LogP contribution < -0.4 is 0 Å². The number of nitrogens with zero attached hydrogens (tertiary/aromatic N) is 3. The van der Waals surface area contributed by atoms with Gasteiger partial charge in [0.1, 0.15) is 0 Å². The van der Waals surface area contributed by atoms with E-state index in [2.05, 4.69) is 4.98 Å². The number of carbonyl (C=O) groups is 1. The Hall–Kier alpha value is -1.60. The molecule has 0 bridgehead atoms. The Labute approximate surface area is 140 Å². The number of likely N-dealkylation sites (tertiary alicyclic amines) is 2. The van der Waals surface area contributed by atoms with Crippen molar-refractivity contribution in [1.82, 2.24) is 14.8 Å². The minimum Gasteiger partial charge on any atom is -0.380 e. The molecule has 5 nitrogen and oxygen atoms in total. The van der Waals surface area contributed by atoms with Crippen molar-refractivity contribution in [2.75, 3.05) is 32.8 Å². The van der Waals surface area contributed by atoms with E-state index in [0.29, 0.717) is 31.9 Å². The van der Waals surface area contributed by atoms with Gasteiger partial charge >= 0.3 is 0 Å². The molecule has 0 radical (unpaired) electrons. The van der Waals surface area contributed by atoms with Gasteiger partial charge in [-0.25, -0.2) is 8.78 Å². The van der Waals surface area contributed by atoms with Gasteiger partial charge < -0.3 is 9.64 Å². The Morgan fingerprint density at radius 2 is 2.17 bits per heavy atom. The van der Waals surface area contributed by atoms with Crippen molar-refractivity contribution in [1.29, 1.82) is 0 Å². The molecule has 0 aliphatic carbocycles. The van der Waals surface area contributed by atoms with Gasteiger partial charge in [-0.3, -0.25) is 14.7 Å². The maximum absolute atomic E-state index is 13.8. The highest BCUT2D eigenvalue weighted by Crippen LogP contribution is 2.35. The van der Waals surface area contributed by atoms with Crippen molar-refractivity contribution in [3.05, 3.63) is 29.6 Å². The Bertz CT molecular complexity index is 605. The zero-order chi connectivity index (χ0) is 17.3. The van der Waals surface area contributed by atoms with E-state index in [1.807, 2.05) is 18.7 Å². The third kappa shape index (κ3) is 3.57. The molecule has 2 fully saturated rings. The summed E-state index contributed by atoms with van der Waals surface area (Å²) in [5.74, 6) is -2.76. The second-order valence-electron chi connectivity index (χ2n) is 6.66. The molecule has 0 unspecified atom stereocenters. The molecule has 3 rings (SSSR count). The third-order valence-electron chi connectivity index (χ3n) is 4.67. The minimum atomic E-state index is -2.67. The highest BCUT2D eigenvalue weighted by Gasteiger charge is 2.50. The zero-order valence-corrected chi connectivity index (χ0v) is 14.0. The normalized spacial score (nSPS) is 24.2. The molecule has 24 heavy (non-hydrogen) atoms. The molecule has 2 saturated heterocycles. The van der Waals surface area contributed by atoms with Gasteiger partial charge in [0.05, 0.1) is 18.7 Å². The molecule has 132 valence electrons. The van der Waals surface area contributed by atoms with Crippen molar-refractivity contribution >= 4 is 5.91 Å². The molecule has 3 heterocycles. The Morgan fingerprint density at radius 1 is 1.42 bits per heavy atom. The SMILES string of the molecule is CCOC[C@@H]1CC(F)(F)CN1C1CN(C(=O)c2cncc(C)c2)C1. The van der Waals surface area contributed by atoms with Crippen LogP contribution in [0.25, 0.3) is 0 Å². The fraction of sp³-hybridized carbons (Fsp3) is 0.647. The number of carbonyl (C=O) groups excluding carboxylic acids is 1. The van der Waals surface area contributed by atoms with Crippen molar-refractivity contribution in [3.63, 3.8) is 0 Å². The molecule has 1 amide bonds. The number of aryl methyl sites for hydroxylation is 1.